The number of benzene rings is 2. The first kappa shape index (κ1) is 18.7. The Hall–Kier alpha value is -2.62. The maximum atomic E-state index is 12.3. The third-order valence-corrected chi connectivity index (χ3v) is 4.02. The molecule has 2 aromatic rings. The molecule has 0 spiro atoms. The average Bonchev–Trinajstić information content (AvgIpc) is 2.61. The highest BCUT2D eigenvalue weighted by Crippen LogP contribution is 2.17. The summed E-state index contributed by atoms with van der Waals surface area (Å²) in [4.78, 5) is 12.3. The van der Waals surface area contributed by atoms with Crippen molar-refractivity contribution in [2.75, 3.05) is 7.11 Å². The summed E-state index contributed by atoms with van der Waals surface area (Å²) in [5.74, 6) is 1.04. The zero-order valence-electron chi connectivity index (χ0n) is 15.3. The topological polar surface area (TPSA) is 50.7 Å². The predicted octanol–water partition coefficient (Wildman–Crippen LogP) is 4.15. The largest absolute Gasteiger partial charge is 0.497 e. The quantitative estimate of drug-likeness (QED) is 0.609. The number of hydrogen-bond donors (Lipinski definition) is 1. The fourth-order valence-corrected chi connectivity index (χ4v) is 2.52. The van der Waals surface area contributed by atoms with Crippen molar-refractivity contribution in [2.24, 2.45) is 11.0 Å². The summed E-state index contributed by atoms with van der Waals surface area (Å²) in [6, 6.07) is 15.7. The molecule has 1 N–H and O–H groups in total. The smallest absolute Gasteiger partial charge is 0.247 e. The Morgan fingerprint density at radius 1 is 1.08 bits per heavy atom. The molecule has 4 nitrogen and oxygen atoms in total. The van der Waals surface area contributed by atoms with Gasteiger partial charge < -0.3 is 4.74 Å². The van der Waals surface area contributed by atoms with Crippen LogP contribution in [0, 0.1) is 5.92 Å². The van der Waals surface area contributed by atoms with Gasteiger partial charge in [0.15, 0.2) is 0 Å². The molecule has 2 rings (SSSR count). The Kier molecular flexibility index (Phi) is 6.75. The fraction of sp³-hybridized carbons (Fsp3) is 0.333. The van der Waals surface area contributed by atoms with Gasteiger partial charge in [0.25, 0.3) is 0 Å². The van der Waals surface area contributed by atoms with Crippen LogP contribution in [0.3, 0.4) is 0 Å². The van der Waals surface area contributed by atoms with Crippen molar-refractivity contribution in [1.82, 2.24) is 5.43 Å². The van der Waals surface area contributed by atoms with Crippen molar-refractivity contribution in [2.45, 2.75) is 33.1 Å². The number of nitrogens with zero attached hydrogens (tertiary/aromatic N) is 1. The molecule has 2 aromatic carbocycles. The van der Waals surface area contributed by atoms with Gasteiger partial charge in [-0.2, -0.15) is 5.10 Å². The van der Waals surface area contributed by atoms with Gasteiger partial charge >= 0.3 is 0 Å². The van der Waals surface area contributed by atoms with Crippen LogP contribution in [0.2, 0.25) is 0 Å². The zero-order valence-corrected chi connectivity index (χ0v) is 15.3. The van der Waals surface area contributed by atoms with E-state index in [2.05, 4.69) is 36.5 Å². The molecule has 0 heterocycles. The molecule has 0 fully saturated rings. The fourth-order valence-electron chi connectivity index (χ4n) is 2.52. The van der Waals surface area contributed by atoms with Crippen LogP contribution in [0.5, 0.6) is 5.75 Å². The molecule has 0 radical (unpaired) electrons. The van der Waals surface area contributed by atoms with Gasteiger partial charge in [-0.05, 0) is 60.2 Å². The molecule has 132 valence electrons. The number of amides is 1. The molecule has 4 heteroatoms. The summed E-state index contributed by atoms with van der Waals surface area (Å²) >= 11 is 0. The van der Waals surface area contributed by atoms with E-state index in [1.807, 2.05) is 43.3 Å². The van der Waals surface area contributed by atoms with Crippen molar-refractivity contribution in [3.63, 3.8) is 0 Å². The Labute approximate surface area is 149 Å². The van der Waals surface area contributed by atoms with E-state index in [1.165, 1.54) is 5.56 Å². The van der Waals surface area contributed by atoms with Gasteiger partial charge in [-0.3, -0.25) is 4.79 Å². The summed E-state index contributed by atoms with van der Waals surface area (Å²) in [5.41, 5.74) is 5.78. The van der Waals surface area contributed by atoms with Crippen LogP contribution in [0.1, 0.15) is 43.4 Å². The number of hydrazone groups is 1. The molecule has 25 heavy (non-hydrogen) atoms. The maximum absolute atomic E-state index is 12.3. The second kappa shape index (κ2) is 9.02. The maximum Gasteiger partial charge on any atom is 0.247 e. The molecule has 1 amide bonds. The lowest BCUT2D eigenvalue weighted by Crippen LogP contribution is -2.23. The molecule has 0 bridgehead atoms. The molecule has 1 atom stereocenters. The molecular weight excluding hydrogens is 312 g/mol. The molecule has 0 saturated heterocycles. The first-order valence-corrected chi connectivity index (χ1v) is 8.55. The summed E-state index contributed by atoms with van der Waals surface area (Å²) in [5, 5.41) is 4.04. The zero-order chi connectivity index (χ0) is 18.2. The highest BCUT2D eigenvalue weighted by atomic mass is 16.5. The lowest BCUT2D eigenvalue weighted by Gasteiger charge is -2.11. The predicted molar refractivity (Wildman–Crippen MR) is 102 cm³/mol. The third-order valence-electron chi connectivity index (χ3n) is 4.02. The monoisotopic (exact) mass is 338 g/mol. The van der Waals surface area contributed by atoms with E-state index in [0.29, 0.717) is 5.92 Å². The summed E-state index contributed by atoms with van der Waals surface area (Å²) < 4.78 is 5.11. The molecular formula is C21H26N2O2. The minimum atomic E-state index is -0.249. The Balaban J connectivity index is 1.91. The number of hydrogen-bond acceptors (Lipinski definition) is 3. The highest BCUT2D eigenvalue weighted by Gasteiger charge is 2.14. The summed E-state index contributed by atoms with van der Waals surface area (Å²) in [6.07, 6.45) is 2.67. The SMILES string of the molecule is COc1ccc(C=NNC(=O)[C@H](C)c2ccc(CC(C)C)cc2)cc1. The third kappa shape index (κ3) is 5.75. The standard InChI is InChI=1S/C21H26N2O2/c1-15(2)13-17-5-9-19(10-6-17)16(3)21(24)23-22-14-18-7-11-20(25-4)12-8-18/h5-12,14-16H,13H2,1-4H3,(H,23,24)/t16-/m1/s1. The summed E-state index contributed by atoms with van der Waals surface area (Å²) in [7, 11) is 1.63. The summed E-state index contributed by atoms with van der Waals surface area (Å²) in [6.45, 7) is 6.28. The second-order valence-corrected chi connectivity index (χ2v) is 6.57. The van der Waals surface area contributed by atoms with Crippen molar-refractivity contribution < 1.29 is 9.53 Å². The lowest BCUT2D eigenvalue weighted by molar-refractivity contribution is -0.122. The number of methoxy groups -OCH3 is 1. The van der Waals surface area contributed by atoms with Gasteiger partial charge in [-0.25, -0.2) is 5.43 Å². The Morgan fingerprint density at radius 3 is 2.28 bits per heavy atom. The van der Waals surface area contributed by atoms with E-state index in [9.17, 15) is 4.79 Å². The van der Waals surface area contributed by atoms with Gasteiger partial charge in [-0.1, -0.05) is 38.1 Å². The van der Waals surface area contributed by atoms with Crippen molar-refractivity contribution >= 4 is 12.1 Å². The Morgan fingerprint density at radius 2 is 1.72 bits per heavy atom. The van der Waals surface area contributed by atoms with Crippen molar-refractivity contribution in [3.05, 3.63) is 65.2 Å². The lowest BCUT2D eigenvalue weighted by atomic mass is 9.96. The van der Waals surface area contributed by atoms with Gasteiger partial charge in [0.2, 0.25) is 5.91 Å². The highest BCUT2D eigenvalue weighted by molar-refractivity contribution is 5.85. The van der Waals surface area contributed by atoms with Gasteiger partial charge in [0, 0.05) is 0 Å². The van der Waals surface area contributed by atoms with Crippen LogP contribution in [0.4, 0.5) is 0 Å². The number of ether oxygens (including phenoxy) is 1. The van der Waals surface area contributed by atoms with Gasteiger partial charge in [0.1, 0.15) is 5.75 Å². The molecule has 0 aliphatic rings. The number of nitrogens with one attached hydrogen (secondary N) is 1. The normalized spacial score (nSPS) is 12.4. The molecule has 0 aliphatic heterocycles. The number of carbonyl (C=O) groups excluding carboxylic acids is 1. The van der Waals surface area contributed by atoms with E-state index in [0.717, 1.165) is 23.3 Å². The van der Waals surface area contributed by atoms with Crippen LogP contribution in [0.25, 0.3) is 0 Å². The minimum absolute atomic E-state index is 0.124. The Bertz CT molecular complexity index is 704. The number of carbonyl (C=O) groups is 1. The van der Waals surface area contributed by atoms with Crippen molar-refractivity contribution in [1.29, 1.82) is 0 Å². The van der Waals surface area contributed by atoms with E-state index >= 15 is 0 Å². The molecule has 0 aromatic heterocycles. The van der Waals surface area contributed by atoms with Crippen molar-refractivity contribution in [3.8, 4) is 5.75 Å². The second-order valence-electron chi connectivity index (χ2n) is 6.57. The first-order valence-electron chi connectivity index (χ1n) is 8.55. The molecule has 0 unspecified atom stereocenters. The van der Waals surface area contributed by atoms with E-state index in [1.54, 1.807) is 13.3 Å². The van der Waals surface area contributed by atoms with Crippen LogP contribution >= 0.6 is 0 Å². The average molecular weight is 338 g/mol. The van der Waals surface area contributed by atoms with Gasteiger partial charge in [-0.15, -0.1) is 0 Å². The van der Waals surface area contributed by atoms with Crippen LogP contribution in [0.15, 0.2) is 53.6 Å². The van der Waals surface area contributed by atoms with Crippen LogP contribution in [-0.2, 0) is 11.2 Å². The van der Waals surface area contributed by atoms with Crippen LogP contribution < -0.4 is 10.2 Å². The van der Waals surface area contributed by atoms with Gasteiger partial charge in [0.05, 0.1) is 19.2 Å². The number of rotatable bonds is 7. The van der Waals surface area contributed by atoms with E-state index in [-0.39, 0.29) is 11.8 Å². The van der Waals surface area contributed by atoms with E-state index < -0.39 is 0 Å². The van der Waals surface area contributed by atoms with Crippen LogP contribution in [-0.4, -0.2) is 19.2 Å². The molecule has 0 aliphatic carbocycles. The minimum Gasteiger partial charge on any atom is -0.497 e. The molecule has 0 saturated carbocycles. The first-order chi connectivity index (χ1) is 12.0. The van der Waals surface area contributed by atoms with E-state index in [4.69, 9.17) is 4.74 Å².